The van der Waals surface area contributed by atoms with E-state index in [1.807, 2.05) is 11.8 Å². The molecule has 1 aromatic rings. The van der Waals surface area contributed by atoms with E-state index in [4.69, 9.17) is 0 Å². The van der Waals surface area contributed by atoms with Gasteiger partial charge < -0.3 is 4.90 Å². The number of amides is 1. The Morgan fingerprint density at radius 1 is 1.38 bits per heavy atom. The second kappa shape index (κ2) is 4.28. The van der Waals surface area contributed by atoms with Gasteiger partial charge in [-0.2, -0.15) is 0 Å². The highest BCUT2D eigenvalue weighted by Gasteiger charge is 2.24. The van der Waals surface area contributed by atoms with E-state index in [2.05, 4.69) is 32.0 Å². The van der Waals surface area contributed by atoms with E-state index in [1.165, 1.54) is 16.7 Å². The van der Waals surface area contributed by atoms with Crippen molar-refractivity contribution in [3.8, 4) is 0 Å². The van der Waals surface area contributed by atoms with Gasteiger partial charge >= 0.3 is 0 Å². The zero-order chi connectivity index (χ0) is 11.7. The largest absolute Gasteiger partial charge is 0.334 e. The summed E-state index contributed by atoms with van der Waals surface area (Å²) in [6, 6.07) is 6.43. The Hall–Kier alpha value is -1.31. The van der Waals surface area contributed by atoms with E-state index in [9.17, 15) is 4.79 Å². The molecule has 1 aliphatic rings. The summed E-state index contributed by atoms with van der Waals surface area (Å²) in [5.41, 5.74) is 4.09. The molecule has 0 saturated heterocycles. The molecule has 16 heavy (non-hydrogen) atoms. The molecule has 0 unspecified atom stereocenters. The average molecular weight is 217 g/mol. The highest BCUT2D eigenvalue weighted by Crippen LogP contribution is 2.30. The maximum atomic E-state index is 11.7. The van der Waals surface area contributed by atoms with Gasteiger partial charge in [-0.3, -0.25) is 4.79 Å². The molecular formula is C14H19NO. The van der Waals surface area contributed by atoms with Gasteiger partial charge in [0.05, 0.1) is 0 Å². The van der Waals surface area contributed by atoms with Crippen molar-refractivity contribution >= 4 is 5.91 Å². The SMILES string of the molecule is CCC(=O)N1Cc2cccc(C(C)C)c2C1. The molecule has 2 nitrogen and oxygen atoms in total. The van der Waals surface area contributed by atoms with Crippen LogP contribution in [0.4, 0.5) is 0 Å². The van der Waals surface area contributed by atoms with Gasteiger partial charge in [-0.05, 0) is 22.6 Å². The topological polar surface area (TPSA) is 20.3 Å². The van der Waals surface area contributed by atoms with Gasteiger partial charge in [0, 0.05) is 19.5 Å². The third-order valence-electron chi connectivity index (χ3n) is 3.30. The number of benzene rings is 1. The molecule has 2 rings (SSSR count). The lowest BCUT2D eigenvalue weighted by Gasteiger charge is -2.14. The number of hydrogen-bond acceptors (Lipinski definition) is 1. The fourth-order valence-corrected chi connectivity index (χ4v) is 2.39. The van der Waals surface area contributed by atoms with Gasteiger partial charge in [-0.25, -0.2) is 0 Å². The third kappa shape index (κ3) is 1.84. The number of nitrogens with zero attached hydrogens (tertiary/aromatic N) is 1. The van der Waals surface area contributed by atoms with E-state index in [0.717, 1.165) is 13.1 Å². The first kappa shape index (κ1) is 11.2. The zero-order valence-corrected chi connectivity index (χ0v) is 10.3. The number of hydrogen-bond donors (Lipinski definition) is 0. The van der Waals surface area contributed by atoms with Crippen molar-refractivity contribution in [3.63, 3.8) is 0 Å². The molecule has 0 N–H and O–H groups in total. The number of rotatable bonds is 2. The molecule has 86 valence electrons. The summed E-state index contributed by atoms with van der Waals surface area (Å²) in [6.45, 7) is 7.94. The standard InChI is InChI=1S/C14H19NO/c1-4-14(16)15-8-11-6-5-7-12(10(2)3)13(11)9-15/h5-7,10H,4,8-9H2,1-3H3. The van der Waals surface area contributed by atoms with Crippen LogP contribution in [0, 0.1) is 0 Å². The van der Waals surface area contributed by atoms with Gasteiger partial charge in [0.1, 0.15) is 0 Å². The number of fused-ring (bicyclic) bond motifs is 1. The van der Waals surface area contributed by atoms with Crippen LogP contribution in [0.3, 0.4) is 0 Å². The lowest BCUT2D eigenvalue weighted by Crippen LogP contribution is -2.24. The first-order valence-electron chi connectivity index (χ1n) is 6.02. The normalized spacial score (nSPS) is 14.4. The molecule has 0 bridgehead atoms. The van der Waals surface area contributed by atoms with E-state index in [1.54, 1.807) is 0 Å². The lowest BCUT2D eigenvalue weighted by atomic mass is 9.95. The van der Waals surface area contributed by atoms with Crippen molar-refractivity contribution in [2.24, 2.45) is 0 Å². The van der Waals surface area contributed by atoms with Crippen LogP contribution in [0.2, 0.25) is 0 Å². The molecule has 1 heterocycles. The van der Waals surface area contributed by atoms with Crippen molar-refractivity contribution in [1.29, 1.82) is 0 Å². The van der Waals surface area contributed by atoms with Crippen LogP contribution in [0.15, 0.2) is 18.2 Å². The van der Waals surface area contributed by atoms with E-state index in [-0.39, 0.29) is 5.91 Å². The Morgan fingerprint density at radius 3 is 2.75 bits per heavy atom. The summed E-state index contributed by atoms with van der Waals surface area (Å²) in [4.78, 5) is 13.6. The molecule has 0 aromatic heterocycles. The van der Waals surface area contributed by atoms with Crippen LogP contribution < -0.4 is 0 Å². The minimum atomic E-state index is 0.255. The van der Waals surface area contributed by atoms with E-state index in [0.29, 0.717) is 12.3 Å². The minimum absolute atomic E-state index is 0.255. The summed E-state index contributed by atoms with van der Waals surface area (Å²) in [6.07, 6.45) is 0.602. The Balaban J connectivity index is 2.30. The predicted octanol–water partition coefficient (Wildman–Crippen LogP) is 3.06. The number of carbonyl (C=O) groups excluding carboxylic acids is 1. The summed E-state index contributed by atoms with van der Waals surface area (Å²) in [5.74, 6) is 0.789. The Labute approximate surface area is 97.3 Å². The van der Waals surface area contributed by atoms with Crippen LogP contribution in [-0.2, 0) is 17.9 Å². The van der Waals surface area contributed by atoms with Gasteiger partial charge in [0.15, 0.2) is 0 Å². The molecular weight excluding hydrogens is 198 g/mol. The van der Waals surface area contributed by atoms with Crippen LogP contribution in [0.5, 0.6) is 0 Å². The summed E-state index contributed by atoms with van der Waals surface area (Å²) < 4.78 is 0. The molecule has 0 radical (unpaired) electrons. The fourth-order valence-electron chi connectivity index (χ4n) is 2.39. The molecule has 2 heteroatoms. The first-order valence-corrected chi connectivity index (χ1v) is 6.02. The first-order chi connectivity index (χ1) is 7.63. The van der Waals surface area contributed by atoms with E-state index >= 15 is 0 Å². The van der Waals surface area contributed by atoms with Crippen LogP contribution >= 0.6 is 0 Å². The number of carbonyl (C=O) groups is 1. The van der Waals surface area contributed by atoms with E-state index < -0.39 is 0 Å². The Bertz CT molecular complexity index is 409. The van der Waals surface area contributed by atoms with Crippen molar-refractivity contribution < 1.29 is 4.79 Å². The lowest BCUT2D eigenvalue weighted by molar-refractivity contribution is -0.131. The zero-order valence-electron chi connectivity index (χ0n) is 10.3. The van der Waals surface area contributed by atoms with Crippen molar-refractivity contribution in [1.82, 2.24) is 4.90 Å². The molecule has 1 aliphatic heterocycles. The second-order valence-corrected chi connectivity index (χ2v) is 4.74. The van der Waals surface area contributed by atoms with Crippen LogP contribution in [0.25, 0.3) is 0 Å². The monoisotopic (exact) mass is 217 g/mol. The maximum Gasteiger partial charge on any atom is 0.222 e. The minimum Gasteiger partial charge on any atom is -0.334 e. The highest BCUT2D eigenvalue weighted by atomic mass is 16.2. The fraction of sp³-hybridized carbons (Fsp3) is 0.500. The van der Waals surface area contributed by atoms with Gasteiger partial charge in [-0.1, -0.05) is 39.0 Å². The van der Waals surface area contributed by atoms with Gasteiger partial charge in [-0.15, -0.1) is 0 Å². The van der Waals surface area contributed by atoms with Crippen molar-refractivity contribution in [2.75, 3.05) is 0 Å². The summed E-state index contributed by atoms with van der Waals surface area (Å²) >= 11 is 0. The maximum absolute atomic E-state index is 11.7. The van der Waals surface area contributed by atoms with Crippen LogP contribution in [-0.4, -0.2) is 10.8 Å². The van der Waals surface area contributed by atoms with Crippen molar-refractivity contribution in [3.05, 3.63) is 34.9 Å². The average Bonchev–Trinajstić information content (AvgIpc) is 2.70. The van der Waals surface area contributed by atoms with Gasteiger partial charge in [0.2, 0.25) is 5.91 Å². The summed E-state index contributed by atoms with van der Waals surface area (Å²) in [7, 11) is 0. The summed E-state index contributed by atoms with van der Waals surface area (Å²) in [5, 5.41) is 0. The van der Waals surface area contributed by atoms with Crippen LogP contribution in [0.1, 0.15) is 49.8 Å². The molecule has 1 amide bonds. The van der Waals surface area contributed by atoms with Crippen molar-refractivity contribution in [2.45, 2.75) is 46.2 Å². The predicted molar refractivity (Wildman–Crippen MR) is 65.1 cm³/mol. The molecule has 0 aliphatic carbocycles. The van der Waals surface area contributed by atoms with Gasteiger partial charge in [0.25, 0.3) is 0 Å². The molecule has 0 saturated carbocycles. The smallest absolute Gasteiger partial charge is 0.222 e. The Kier molecular flexibility index (Phi) is 2.99. The molecule has 0 spiro atoms. The molecule has 1 aromatic carbocycles. The molecule has 0 fully saturated rings. The highest BCUT2D eigenvalue weighted by molar-refractivity contribution is 5.76. The quantitative estimate of drug-likeness (QED) is 0.745. The molecule has 0 atom stereocenters. The third-order valence-corrected chi connectivity index (χ3v) is 3.30. The Morgan fingerprint density at radius 2 is 2.12 bits per heavy atom. The second-order valence-electron chi connectivity index (χ2n) is 4.74.